The predicted molar refractivity (Wildman–Crippen MR) is 104 cm³/mol. The van der Waals surface area contributed by atoms with Crippen LogP contribution in [0.4, 0.5) is 0 Å². The summed E-state index contributed by atoms with van der Waals surface area (Å²) in [5.41, 5.74) is 4.84. The lowest BCUT2D eigenvalue weighted by Crippen LogP contribution is -2.06. The number of nitrogens with zero attached hydrogens (tertiary/aromatic N) is 1. The van der Waals surface area contributed by atoms with E-state index < -0.39 is 0 Å². The molecule has 0 aliphatic carbocycles. The van der Waals surface area contributed by atoms with Crippen LogP contribution in [0, 0.1) is 13.8 Å². The lowest BCUT2D eigenvalue weighted by molar-refractivity contribution is 0.0526. The molecule has 26 heavy (non-hydrogen) atoms. The average molecular weight is 370 g/mol. The molecule has 0 bridgehead atoms. The summed E-state index contributed by atoms with van der Waals surface area (Å²) in [6.45, 7) is 8.55. The number of aromatic amines is 1. The third kappa shape index (κ3) is 3.51. The first-order valence-electron chi connectivity index (χ1n) is 8.60. The lowest BCUT2D eigenvalue weighted by atomic mass is 10.1. The van der Waals surface area contributed by atoms with Gasteiger partial charge in [0.05, 0.1) is 24.5 Å². The van der Waals surface area contributed by atoms with Gasteiger partial charge in [0.2, 0.25) is 0 Å². The molecule has 0 saturated carbocycles. The monoisotopic (exact) mass is 370 g/mol. The van der Waals surface area contributed by atoms with Gasteiger partial charge in [0.1, 0.15) is 10.8 Å². The molecular formula is C20H22N2O3S. The van der Waals surface area contributed by atoms with Gasteiger partial charge in [0, 0.05) is 27.9 Å². The molecule has 1 N–H and O–H groups in total. The van der Waals surface area contributed by atoms with Gasteiger partial charge in [-0.05, 0) is 39.8 Å². The van der Waals surface area contributed by atoms with Crippen LogP contribution in [0.1, 0.15) is 35.6 Å². The lowest BCUT2D eigenvalue weighted by Gasteiger charge is -2.05. The molecule has 5 nitrogen and oxygen atoms in total. The summed E-state index contributed by atoms with van der Waals surface area (Å²) in [5, 5.41) is 2.86. The van der Waals surface area contributed by atoms with Crippen LogP contribution < -0.4 is 4.74 Å². The van der Waals surface area contributed by atoms with E-state index in [1.54, 1.807) is 18.3 Å². The maximum absolute atomic E-state index is 12.4. The Balaban J connectivity index is 2.01. The Bertz CT molecular complexity index is 927. The number of benzene rings is 1. The number of hydrogen-bond donors (Lipinski definition) is 1. The molecule has 2 heterocycles. The number of ether oxygens (including phenoxy) is 2. The second kappa shape index (κ2) is 7.74. The smallest absolute Gasteiger partial charge is 0.340 e. The van der Waals surface area contributed by atoms with E-state index in [4.69, 9.17) is 14.5 Å². The van der Waals surface area contributed by atoms with Gasteiger partial charge in [0.15, 0.2) is 0 Å². The number of aromatic nitrogens is 2. The summed E-state index contributed by atoms with van der Waals surface area (Å²) in [4.78, 5) is 20.4. The highest BCUT2D eigenvalue weighted by Crippen LogP contribution is 2.35. The maximum Gasteiger partial charge on any atom is 0.340 e. The number of H-pyrrole nitrogens is 1. The number of thiazole rings is 1. The molecule has 6 heteroatoms. The van der Waals surface area contributed by atoms with Gasteiger partial charge in [-0.1, -0.05) is 12.1 Å². The first-order valence-corrected chi connectivity index (χ1v) is 9.48. The molecule has 0 saturated heterocycles. The van der Waals surface area contributed by atoms with Crippen molar-refractivity contribution in [1.82, 2.24) is 9.97 Å². The van der Waals surface area contributed by atoms with Gasteiger partial charge < -0.3 is 14.5 Å². The number of rotatable bonds is 6. The highest BCUT2D eigenvalue weighted by Gasteiger charge is 2.23. The second-order valence-corrected chi connectivity index (χ2v) is 6.70. The van der Waals surface area contributed by atoms with Gasteiger partial charge in [-0.25, -0.2) is 9.78 Å². The third-order valence-corrected chi connectivity index (χ3v) is 4.90. The average Bonchev–Trinajstić information content (AvgIpc) is 3.19. The maximum atomic E-state index is 12.4. The summed E-state index contributed by atoms with van der Waals surface area (Å²) in [7, 11) is 0. The number of aryl methyl sites for hydroxylation is 2. The quantitative estimate of drug-likeness (QED) is 0.620. The molecule has 1 aromatic carbocycles. The Labute approximate surface area is 157 Å². The van der Waals surface area contributed by atoms with Crippen molar-refractivity contribution in [3.8, 4) is 27.6 Å². The zero-order valence-electron chi connectivity index (χ0n) is 15.4. The first-order chi connectivity index (χ1) is 12.5. The Kier molecular flexibility index (Phi) is 5.42. The Morgan fingerprint density at radius 3 is 2.73 bits per heavy atom. The summed E-state index contributed by atoms with van der Waals surface area (Å²) >= 11 is 1.54. The van der Waals surface area contributed by atoms with Crippen molar-refractivity contribution in [3.05, 3.63) is 46.6 Å². The third-order valence-electron chi connectivity index (χ3n) is 4.01. The summed E-state index contributed by atoms with van der Waals surface area (Å²) in [6.07, 6.45) is 0. The predicted octanol–water partition coefficient (Wildman–Crippen LogP) is 5.00. The minimum Gasteiger partial charge on any atom is -0.494 e. The van der Waals surface area contributed by atoms with Gasteiger partial charge in [0.25, 0.3) is 0 Å². The van der Waals surface area contributed by atoms with E-state index in [0.29, 0.717) is 18.8 Å². The van der Waals surface area contributed by atoms with E-state index in [-0.39, 0.29) is 5.97 Å². The normalized spacial score (nSPS) is 10.8. The van der Waals surface area contributed by atoms with Crippen LogP contribution in [0.2, 0.25) is 0 Å². The summed E-state index contributed by atoms with van der Waals surface area (Å²) in [6, 6.07) is 7.87. The molecule has 0 radical (unpaired) electrons. The number of hydrogen-bond acceptors (Lipinski definition) is 5. The van der Waals surface area contributed by atoms with E-state index in [1.165, 1.54) is 0 Å². The van der Waals surface area contributed by atoms with Crippen molar-refractivity contribution in [2.75, 3.05) is 13.2 Å². The molecule has 3 rings (SSSR count). The molecular weight excluding hydrogens is 348 g/mol. The van der Waals surface area contributed by atoms with Crippen molar-refractivity contribution >= 4 is 17.3 Å². The van der Waals surface area contributed by atoms with Crippen molar-refractivity contribution in [1.29, 1.82) is 0 Å². The minimum absolute atomic E-state index is 0.322. The standard InChI is InChI=1S/C20H22N2O3S/c1-5-24-15-9-7-8-14(10-15)19-22-16(11-26-19)17-12(3)21-13(4)18(17)20(23)25-6-2/h7-11,21H,5-6H2,1-4H3. The van der Waals surface area contributed by atoms with Crippen molar-refractivity contribution in [3.63, 3.8) is 0 Å². The fourth-order valence-corrected chi connectivity index (χ4v) is 3.77. The van der Waals surface area contributed by atoms with E-state index in [1.807, 2.05) is 50.4 Å². The molecule has 136 valence electrons. The largest absolute Gasteiger partial charge is 0.494 e. The van der Waals surface area contributed by atoms with Crippen LogP contribution in [-0.2, 0) is 4.74 Å². The van der Waals surface area contributed by atoms with Crippen LogP contribution in [-0.4, -0.2) is 29.2 Å². The van der Waals surface area contributed by atoms with E-state index >= 15 is 0 Å². The second-order valence-electron chi connectivity index (χ2n) is 5.84. The zero-order valence-corrected chi connectivity index (χ0v) is 16.2. The van der Waals surface area contributed by atoms with Crippen LogP contribution in [0.25, 0.3) is 21.8 Å². The number of carbonyl (C=O) groups is 1. The van der Waals surface area contributed by atoms with E-state index in [9.17, 15) is 4.79 Å². The van der Waals surface area contributed by atoms with Gasteiger partial charge >= 0.3 is 5.97 Å². The highest BCUT2D eigenvalue weighted by molar-refractivity contribution is 7.13. The fraction of sp³-hybridized carbons (Fsp3) is 0.300. The Morgan fingerprint density at radius 2 is 2.00 bits per heavy atom. The molecule has 3 aromatic rings. The zero-order chi connectivity index (χ0) is 18.7. The Hall–Kier alpha value is -2.60. The van der Waals surface area contributed by atoms with Crippen molar-refractivity contribution in [2.45, 2.75) is 27.7 Å². The number of carbonyl (C=O) groups excluding carboxylic acids is 1. The SMILES string of the molecule is CCOC(=O)c1c(C)[nH]c(C)c1-c1csc(-c2cccc(OCC)c2)n1. The molecule has 0 atom stereocenters. The van der Waals surface area contributed by atoms with Crippen molar-refractivity contribution < 1.29 is 14.3 Å². The minimum atomic E-state index is -0.322. The van der Waals surface area contributed by atoms with Crippen LogP contribution in [0.15, 0.2) is 29.6 Å². The van der Waals surface area contributed by atoms with Gasteiger partial charge in [-0.2, -0.15) is 0 Å². The van der Waals surface area contributed by atoms with Gasteiger partial charge in [-0.15, -0.1) is 11.3 Å². The molecule has 2 aromatic heterocycles. The molecule has 0 amide bonds. The topological polar surface area (TPSA) is 64.2 Å². The van der Waals surface area contributed by atoms with Crippen LogP contribution in [0.5, 0.6) is 5.75 Å². The highest BCUT2D eigenvalue weighted by atomic mass is 32.1. The fourth-order valence-electron chi connectivity index (χ4n) is 2.97. The van der Waals surface area contributed by atoms with Gasteiger partial charge in [-0.3, -0.25) is 0 Å². The van der Waals surface area contributed by atoms with Crippen LogP contribution in [0.3, 0.4) is 0 Å². The van der Waals surface area contributed by atoms with E-state index in [0.717, 1.165) is 39.0 Å². The van der Waals surface area contributed by atoms with E-state index in [2.05, 4.69) is 4.98 Å². The summed E-state index contributed by atoms with van der Waals surface area (Å²) in [5.74, 6) is 0.500. The van der Waals surface area contributed by atoms with Crippen LogP contribution >= 0.6 is 11.3 Å². The van der Waals surface area contributed by atoms with Crippen molar-refractivity contribution in [2.24, 2.45) is 0 Å². The molecule has 0 spiro atoms. The number of esters is 1. The molecule has 0 fully saturated rings. The Morgan fingerprint density at radius 1 is 1.19 bits per heavy atom. The molecule has 0 unspecified atom stereocenters. The number of nitrogens with one attached hydrogen (secondary N) is 1. The first kappa shape index (κ1) is 18.2. The molecule has 0 aliphatic heterocycles. The summed E-state index contributed by atoms with van der Waals surface area (Å²) < 4.78 is 10.8. The molecule has 0 aliphatic rings.